The minimum absolute atomic E-state index is 0.0546. The van der Waals surface area contributed by atoms with E-state index in [9.17, 15) is 31.1 Å². The van der Waals surface area contributed by atoms with Gasteiger partial charge in [0, 0.05) is 25.2 Å². The number of thioether (sulfide) groups is 1. The highest BCUT2D eigenvalue weighted by Gasteiger charge is 2.36. The lowest BCUT2D eigenvalue weighted by atomic mass is 10.2. The van der Waals surface area contributed by atoms with E-state index in [1.165, 1.54) is 18.7 Å². The van der Waals surface area contributed by atoms with Crippen LogP contribution in [0.5, 0.6) is 0 Å². The molecule has 0 aliphatic heterocycles. The van der Waals surface area contributed by atoms with Gasteiger partial charge in [-0.2, -0.15) is 26.3 Å². The molecule has 0 saturated carbocycles. The summed E-state index contributed by atoms with van der Waals surface area (Å²) in [5, 5.41) is 0. The van der Waals surface area contributed by atoms with Crippen LogP contribution in [0.2, 0.25) is 0 Å². The molecule has 3 aromatic heterocycles. The molecule has 0 aromatic carbocycles. The quantitative estimate of drug-likeness (QED) is 0.449. The highest BCUT2D eigenvalue weighted by molar-refractivity contribution is 7.99. The summed E-state index contributed by atoms with van der Waals surface area (Å²) in [5.74, 6) is 0.496. The summed E-state index contributed by atoms with van der Waals surface area (Å²) in [6.45, 7) is 1.74. The van der Waals surface area contributed by atoms with Crippen LogP contribution < -0.4 is 5.56 Å². The number of hydrogen-bond donors (Lipinski definition) is 0. The first-order valence-electron chi connectivity index (χ1n) is 8.20. The zero-order valence-electron chi connectivity index (χ0n) is 15.3. The molecular weight excluding hydrogens is 422 g/mol. The number of halogens is 6. The van der Waals surface area contributed by atoms with Crippen LogP contribution >= 0.6 is 11.8 Å². The molecule has 0 fully saturated rings. The van der Waals surface area contributed by atoms with Crippen molar-refractivity contribution in [3.63, 3.8) is 0 Å². The number of pyridine rings is 2. The molecule has 0 unspecified atom stereocenters. The highest BCUT2D eigenvalue weighted by Crippen LogP contribution is 2.37. The number of aromatic nitrogens is 4. The third kappa shape index (κ3) is 3.72. The van der Waals surface area contributed by atoms with Gasteiger partial charge in [0.15, 0.2) is 5.82 Å². The van der Waals surface area contributed by atoms with Crippen molar-refractivity contribution in [3.05, 3.63) is 39.8 Å². The molecule has 0 atom stereocenters. The van der Waals surface area contributed by atoms with Gasteiger partial charge < -0.3 is 4.57 Å². The second-order valence-electron chi connectivity index (χ2n) is 6.12. The summed E-state index contributed by atoms with van der Waals surface area (Å²) >= 11 is 1.10. The van der Waals surface area contributed by atoms with Gasteiger partial charge in [-0.25, -0.2) is 4.98 Å². The summed E-state index contributed by atoms with van der Waals surface area (Å²) in [6.07, 6.45) is -8.81. The monoisotopic (exact) mass is 436 g/mol. The van der Waals surface area contributed by atoms with Crippen molar-refractivity contribution in [3.8, 4) is 11.5 Å². The smallest absolute Gasteiger partial charge is 0.312 e. The zero-order chi connectivity index (χ0) is 21.7. The number of nitrogens with zero attached hydrogens (tertiary/aromatic N) is 4. The Labute approximate surface area is 164 Å². The third-order valence-corrected chi connectivity index (χ3v) is 5.13. The maximum absolute atomic E-state index is 13.1. The largest absolute Gasteiger partial charge is 0.421 e. The van der Waals surface area contributed by atoms with Crippen LogP contribution in [0, 0.1) is 0 Å². The van der Waals surface area contributed by atoms with Crippen LogP contribution in [0.15, 0.2) is 28.0 Å². The Morgan fingerprint density at radius 2 is 1.69 bits per heavy atom. The molecule has 3 rings (SSSR count). The van der Waals surface area contributed by atoms with E-state index in [1.807, 2.05) is 0 Å². The van der Waals surface area contributed by atoms with E-state index < -0.39 is 29.0 Å². The van der Waals surface area contributed by atoms with E-state index >= 15 is 0 Å². The standard InChI is InChI=1S/C17H14F6N4OS/c1-4-29-11-5-8(16(18,19)20)7-24-12(11)13-25-10-6-9(17(21,22)23)15(28)27(3)14(10)26(13)2/h5-7H,4H2,1-3H3. The summed E-state index contributed by atoms with van der Waals surface area (Å²) in [6, 6.07) is 1.56. The van der Waals surface area contributed by atoms with Crippen molar-refractivity contribution >= 4 is 22.9 Å². The average molecular weight is 436 g/mol. The summed E-state index contributed by atoms with van der Waals surface area (Å²) < 4.78 is 80.6. The Morgan fingerprint density at radius 1 is 1.03 bits per heavy atom. The van der Waals surface area contributed by atoms with Gasteiger partial charge in [0.05, 0.1) is 5.56 Å². The van der Waals surface area contributed by atoms with Gasteiger partial charge in [0.1, 0.15) is 22.4 Å². The average Bonchev–Trinajstić information content (AvgIpc) is 2.93. The number of rotatable bonds is 3. The van der Waals surface area contributed by atoms with Crippen molar-refractivity contribution in [2.75, 3.05) is 5.75 Å². The van der Waals surface area contributed by atoms with Gasteiger partial charge in [0.25, 0.3) is 5.56 Å². The number of aryl methyl sites for hydroxylation is 2. The molecule has 0 aliphatic carbocycles. The molecule has 0 saturated heterocycles. The minimum Gasteiger partial charge on any atom is -0.312 e. The molecular formula is C17H14F6N4OS. The van der Waals surface area contributed by atoms with E-state index in [2.05, 4.69) is 9.97 Å². The Balaban J connectivity index is 2.30. The summed E-state index contributed by atoms with van der Waals surface area (Å²) in [5.41, 5.74) is -3.51. The van der Waals surface area contributed by atoms with Gasteiger partial charge in [-0.05, 0) is 17.9 Å². The fraction of sp³-hybridized carbons (Fsp3) is 0.353. The molecule has 0 N–H and O–H groups in total. The minimum atomic E-state index is -4.86. The summed E-state index contributed by atoms with van der Waals surface area (Å²) in [7, 11) is 2.63. The van der Waals surface area contributed by atoms with Gasteiger partial charge in [0.2, 0.25) is 0 Å². The van der Waals surface area contributed by atoms with Gasteiger partial charge >= 0.3 is 12.4 Å². The van der Waals surface area contributed by atoms with E-state index in [0.717, 1.165) is 22.4 Å². The second kappa shape index (κ2) is 7.08. The number of fused-ring (bicyclic) bond motifs is 1. The predicted octanol–water partition coefficient (Wildman–Crippen LogP) is 4.48. The zero-order valence-corrected chi connectivity index (χ0v) is 16.1. The van der Waals surface area contributed by atoms with Crippen molar-refractivity contribution in [1.82, 2.24) is 19.1 Å². The normalized spacial score (nSPS) is 12.7. The van der Waals surface area contributed by atoms with Gasteiger partial charge in [-0.15, -0.1) is 11.8 Å². The van der Waals surface area contributed by atoms with Crippen LogP contribution in [0.25, 0.3) is 22.7 Å². The first-order chi connectivity index (χ1) is 13.4. The lowest BCUT2D eigenvalue weighted by Crippen LogP contribution is -2.27. The summed E-state index contributed by atoms with van der Waals surface area (Å²) in [4.78, 5) is 20.3. The van der Waals surface area contributed by atoms with Crippen LogP contribution in [-0.2, 0) is 26.4 Å². The van der Waals surface area contributed by atoms with Crippen LogP contribution in [0.3, 0.4) is 0 Å². The Hall–Kier alpha value is -2.50. The molecule has 29 heavy (non-hydrogen) atoms. The lowest BCUT2D eigenvalue weighted by Gasteiger charge is -2.12. The Morgan fingerprint density at radius 3 is 2.24 bits per heavy atom. The van der Waals surface area contributed by atoms with E-state index in [0.29, 0.717) is 18.0 Å². The van der Waals surface area contributed by atoms with Crippen LogP contribution in [0.4, 0.5) is 26.3 Å². The number of alkyl halides is 6. The molecule has 12 heteroatoms. The third-order valence-electron chi connectivity index (χ3n) is 4.22. The van der Waals surface area contributed by atoms with Crippen molar-refractivity contribution in [1.29, 1.82) is 0 Å². The SMILES string of the molecule is CCSc1cc(C(F)(F)F)cnc1-c1nc2cc(C(F)(F)F)c(=O)n(C)c2n1C. The topological polar surface area (TPSA) is 52.7 Å². The molecule has 3 heterocycles. The second-order valence-corrected chi connectivity index (χ2v) is 7.43. The Bertz CT molecular complexity index is 1150. The first kappa shape index (κ1) is 21.2. The maximum atomic E-state index is 13.1. The maximum Gasteiger partial charge on any atom is 0.421 e. The molecule has 0 amide bonds. The van der Waals surface area contributed by atoms with Crippen molar-refractivity contribution in [2.45, 2.75) is 24.2 Å². The molecule has 0 spiro atoms. The lowest BCUT2D eigenvalue weighted by molar-refractivity contribution is -0.139. The fourth-order valence-corrected chi connectivity index (χ4v) is 3.73. The highest BCUT2D eigenvalue weighted by atomic mass is 32.2. The molecule has 156 valence electrons. The van der Waals surface area contributed by atoms with Gasteiger partial charge in [-0.3, -0.25) is 14.3 Å². The molecule has 5 nitrogen and oxygen atoms in total. The number of hydrogen-bond acceptors (Lipinski definition) is 4. The van der Waals surface area contributed by atoms with Crippen LogP contribution in [0.1, 0.15) is 18.1 Å². The molecule has 3 aromatic rings. The number of imidazole rings is 1. The van der Waals surface area contributed by atoms with Crippen LogP contribution in [-0.4, -0.2) is 24.9 Å². The molecule has 0 radical (unpaired) electrons. The Kier molecular flexibility index (Phi) is 5.18. The first-order valence-corrected chi connectivity index (χ1v) is 9.18. The van der Waals surface area contributed by atoms with Gasteiger partial charge in [-0.1, -0.05) is 6.92 Å². The predicted molar refractivity (Wildman–Crippen MR) is 95.6 cm³/mol. The van der Waals surface area contributed by atoms with E-state index in [4.69, 9.17) is 0 Å². The van der Waals surface area contributed by atoms with Crippen molar-refractivity contribution < 1.29 is 26.3 Å². The molecule has 0 aliphatic rings. The van der Waals surface area contributed by atoms with E-state index in [1.54, 1.807) is 6.92 Å². The fourth-order valence-electron chi connectivity index (χ4n) is 2.93. The van der Waals surface area contributed by atoms with Crippen molar-refractivity contribution in [2.24, 2.45) is 14.1 Å². The van der Waals surface area contributed by atoms with E-state index in [-0.39, 0.29) is 27.6 Å². The molecule has 0 bridgehead atoms.